The van der Waals surface area contributed by atoms with E-state index in [-0.39, 0.29) is 6.54 Å². The number of benzene rings is 1. The van der Waals surface area contributed by atoms with Gasteiger partial charge >= 0.3 is 12.1 Å². The number of hydrogen-bond acceptors (Lipinski definition) is 6. The molecular weight excluding hydrogens is 408 g/mol. The third kappa shape index (κ3) is 18.2. The summed E-state index contributed by atoms with van der Waals surface area (Å²) in [6.07, 6.45) is -0.766. The van der Waals surface area contributed by atoms with Crippen molar-refractivity contribution >= 4 is 29.8 Å². The summed E-state index contributed by atoms with van der Waals surface area (Å²) in [4.78, 5) is 55.5. The largest absolute Gasteiger partial charge is 0.480 e. The van der Waals surface area contributed by atoms with Gasteiger partial charge in [0.15, 0.2) is 0 Å². The van der Waals surface area contributed by atoms with Crippen molar-refractivity contribution in [2.45, 2.75) is 33.3 Å². The summed E-state index contributed by atoms with van der Waals surface area (Å²) in [7, 11) is 0. The van der Waals surface area contributed by atoms with E-state index < -0.39 is 55.0 Å². The maximum absolute atomic E-state index is 11.4. The summed E-state index contributed by atoms with van der Waals surface area (Å²) in [5, 5.41) is 17.0. The number of aliphatic carboxylic acids is 1. The van der Waals surface area contributed by atoms with E-state index in [1.165, 1.54) is 5.56 Å². The molecule has 0 aliphatic heterocycles. The summed E-state index contributed by atoms with van der Waals surface area (Å²) < 4.78 is 4.92. The lowest BCUT2D eigenvalue weighted by molar-refractivity contribution is -0.137. The van der Waals surface area contributed by atoms with E-state index in [0.717, 1.165) is 0 Å². The zero-order valence-corrected chi connectivity index (χ0v) is 18.1. The molecule has 1 aromatic carbocycles. The highest BCUT2D eigenvalue weighted by Gasteiger charge is 2.16. The van der Waals surface area contributed by atoms with Gasteiger partial charge in [-0.1, -0.05) is 35.9 Å². The Bertz CT molecular complexity index is 746. The number of ether oxygens (including phenoxy) is 1. The van der Waals surface area contributed by atoms with Crippen LogP contribution in [0.1, 0.15) is 26.3 Å². The molecule has 0 aliphatic rings. The van der Waals surface area contributed by atoms with Crippen LogP contribution in [-0.2, 0) is 23.9 Å². The third-order valence-corrected chi connectivity index (χ3v) is 3.06. The van der Waals surface area contributed by atoms with Crippen molar-refractivity contribution in [3.8, 4) is 0 Å². The smallest absolute Gasteiger partial charge is 0.408 e. The molecule has 4 amide bonds. The minimum absolute atomic E-state index is 0.374. The van der Waals surface area contributed by atoms with Gasteiger partial charge in [-0.15, -0.1) is 0 Å². The van der Waals surface area contributed by atoms with Crippen LogP contribution >= 0.6 is 0 Å². The molecule has 1 rings (SSSR count). The van der Waals surface area contributed by atoms with E-state index in [2.05, 4.69) is 40.3 Å². The highest BCUT2D eigenvalue weighted by molar-refractivity contribution is 5.90. The van der Waals surface area contributed by atoms with Crippen molar-refractivity contribution in [3.63, 3.8) is 0 Å². The Labute approximate surface area is 180 Å². The monoisotopic (exact) mass is 438 g/mol. The first-order valence-electron chi connectivity index (χ1n) is 9.39. The molecule has 0 saturated heterocycles. The summed E-state index contributed by atoms with van der Waals surface area (Å²) in [6, 6.07) is 10.3. The van der Waals surface area contributed by atoms with Crippen molar-refractivity contribution in [1.29, 1.82) is 0 Å². The van der Waals surface area contributed by atoms with Crippen LogP contribution in [-0.4, -0.2) is 66.7 Å². The number of carboxylic acid groups (broad SMARTS) is 1. The van der Waals surface area contributed by atoms with Gasteiger partial charge in [-0.05, 0) is 27.7 Å². The lowest BCUT2D eigenvalue weighted by Gasteiger charge is -2.19. The molecule has 0 aromatic heterocycles. The topological polar surface area (TPSA) is 163 Å². The van der Waals surface area contributed by atoms with Gasteiger partial charge < -0.3 is 31.1 Å². The van der Waals surface area contributed by atoms with E-state index in [0.29, 0.717) is 0 Å². The second-order valence-electron chi connectivity index (χ2n) is 7.23. The molecule has 11 heteroatoms. The van der Waals surface area contributed by atoms with Crippen LogP contribution in [0.2, 0.25) is 0 Å². The van der Waals surface area contributed by atoms with Crippen LogP contribution in [0.5, 0.6) is 0 Å². The molecule has 0 saturated carbocycles. The molecule has 0 aliphatic carbocycles. The number of amides is 4. The standard InChI is InChI=1S/C13H22N4O7.C7H8/c1-13(2,3)24-12(23)17-6-10(20)15-4-8(18)14-5-9(19)16-7-11(21)22;1-7-5-3-2-4-6-7/h4-7H2,1-3H3,(H,14,18)(H,15,20)(H,16,19)(H,17,23)(H,21,22);2-6H,1H3. The fraction of sp³-hybridized carbons (Fsp3) is 0.450. The quantitative estimate of drug-likeness (QED) is 0.379. The lowest BCUT2D eigenvalue weighted by Crippen LogP contribution is -2.45. The summed E-state index contributed by atoms with van der Waals surface area (Å²) in [5.41, 5.74) is 0.629. The molecule has 172 valence electrons. The average molecular weight is 438 g/mol. The van der Waals surface area contributed by atoms with E-state index in [1.807, 2.05) is 18.2 Å². The maximum Gasteiger partial charge on any atom is 0.408 e. The molecule has 0 atom stereocenters. The van der Waals surface area contributed by atoms with Crippen LogP contribution in [0, 0.1) is 6.92 Å². The minimum Gasteiger partial charge on any atom is -0.480 e. The van der Waals surface area contributed by atoms with Crippen molar-refractivity contribution < 1.29 is 33.8 Å². The first kappa shape index (κ1) is 27.4. The van der Waals surface area contributed by atoms with Crippen molar-refractivity contribution in [1.82, 2.24) is 21.3 Å². The molecule has 11 nitrogen and oxygen atoms in total. The van der Waals surface area contributed by atoms with Gasteiger partial charge in [0.1, 0.15) is 18.7 Å². The predicted octanol–water partition coefficient (Wildman–Crippen LogP) is -0.0607. The molecule has 5 N–H and O–H groups in total. The molecule has 0 fully saturated rings. The maximum atomic E-state index is 11.4. The number of nitrogens with one attached hydrogen (secondary N) is 4. The number of carbonyl (C=O) groups is 5. The number of rotatable bonds is 8. The fourth-order valence-corrected chi connectivity index (χ4v) is 1.72. The molecule has 0 spiro atoms. The normalized spacial score (nSPS) is 9.94. The summed E-state index contributed by atoms with van der Waals surface area (Å²) >= 11 is 0. The van der Waals surface area contributed by atoms with Crippen LogP contribution in [0.25, 0.3) is 0 Å². The second kappa shape index (κ2) is 14.4. The number of aryl methyl sites for hydroxylation is 1. The Balaban J connectivity index is 0.00000107. The molecule has 0 heterocycles. The Morgan fingerprint density at radius 2 is 1.19 bits per heavy atom. The van der Waals surface area contributed by atoms with Crippen LogP contribution in [0.3, 0.4) is 0 Å². The Morgan fingerprint density at radius 1 is 0.774 bits per heavy atom. The molecule has 0 radical (unpaired) electrons. The predicted molar refractivity (Wildman–Crippen MR) is 112 cm³/mol. The Hall–Kier alpha value is -3.63. The molecule has 0 bridgehead atoms. The van der Waals surface area contributed by atoms with Crippen molar-refractivity contribution in [3.05, 3.63) is 35.9 Å². The Morgan fingerprint density at radius 3 is 1.55 bits per heavy atom. The fourth-order valence-electron chi connectivity index (χ4n) is 1.72. The van der Waals surface area contributed by atoms with Gasteiger partial charge in [0.2, 0.25) is 17.7 Å². The van der Waals surface area contributed by atoms with Gasteiger partial charge in [0, 0.05) is 0 Å². The van der Waals surface area contributed by atoms with Gasteiger partial charge in [-0.25, -0.2) is 4.79 Å². The number of carboxylic acids is 1. The van der Waals surface area contributed by atoms with Crippen molar-refractivity contribution in [2.24, 2.45) is 0 Å². The summed E-state index contributed by atoms with van der Waals surface area (Å²) in [5.74, 6) is -3.15. The first-order chi connectivity index (χ1) is 14.4. The lowest BCUT2D eigenvalue weighted by atomic mass is 10.2. The average Bonchev–Trinajstić information content (AvgIpc) is 2.67. The van der Waals surface area contributed by atoms with E-state index >= 15 is 0 Å². The van der Waals surface area contributed by atoms with Gasteiger partial charge in [0.05, 0.1) is 13.1 Å². The third-order valence-electron chi connectivity index (χ3n) is 3.06. The van der Waals surface area contributed by atoms with E-state index in [4.69, 9.17) is 9.84 Å². The number of alkyl carbamates (subject to hydrolysis) is 1. The van der Waals surface area contributed by atoms with E-state index in [1.54, 1.807) is 20.8 Å². The molecule has 1 aromatic rings. The second-order valence-corrected chi connectivity index (χ2v) is 7.23. The van der Waals surface area contributed by atoms with Gasteiger partial charge in [-0.2, -0.15) is 0 Å². The Kier molecular flexibility index (Phi) is 12.7. The SMILES string of the molecule is CC(C)(C)OC(=O)NCC(=O)NCC(=O)NCC(=O)NCC(=O)O.Cc1ccccc1. The minimum atomic E-state index is -1.21. The molecule has 31 heavy (non-hydrogen) atoms. The van der Waals surface area contributed by atoms with Crippen LogP contribution < -0.4 is 21.3 Å². The van der Waals surface area contributed by atoms with Gasteiger partial charge in [0.25, 0.3) is 0 Å². The first-order valence-corrected chi connectivity index (χ1v) is 9.39. The number of carbonyl (C=O) groups excluding carboxylic acids is 4. The highest BCUT2D eigenvalue weighted by atomic mass is 16.6. The van der Waals surface area contributed by atoms with E-state index in [9.17, 15) is 24.0 Å². The van der Waals surface area contributed by atoms with Crippen LogP contribution in [0.15, 0.2) is 30.3 Å². The van der Waals surface area contributed by atoms with Crippen molar-refractivity contribution in [2.75, 3.05) is 26.2 Å². The van der Waals surface area contributed by atoms with Crippen LogP contribution in [0.4, 0.5) is 4.79 Å². The number of hydrogen-bond donors (Lipinski definition) is 5. The van der Waals surface area contributed by atoms with Gasteiger partial charge in [-0.3, -0.25) is 19.2 Å². The summed E-state index contributed by atoms with van der Waals surface area (Å²) in [6.45, 7) is 5.35. The zero-order chi connectivity index (χ0) is 23.9. The zero-order valence-electron chi connectivity index (χ0n) is 18.1. The molecular formula is C20H30N4O7. The highest BCUT2D eigenvalue weighted by Crippen LogP contribution is 2.05. The molecule has 0 unspecified atom stereocenters.